The summed E-state index contributed by atoms with van der Waals surface area (Å²) in [6.07, 6.45) is 9.19. The minimum atomic E-state index is 0.872. The summed E-state index contributed by atoms with van der Waals surface area (Å²) in [7, 11) is 0. The normalized spacial score (nSPS) is 10.8. The van der Waals surface area contributed by atoms with Gasteiger partial charge in [0.25, 0.3) is 0 Å². The summed E-state index contributed by atoms with van der Waals surface area (Å²) in [6.45, 7) is 2.00. The van der Waals surface area contributed by atoms with Crippen molar-refractivity contribution in [2.24, 2.45) is 0 Å². The zero-order valence-corrected chi connectivity index (χ0v) is 8.83. The number of aryl methyl sites for hydroxylation is 1. The van der Waals surface area contributed by atoms with Crippen LogP contribution in [0.15, 0.2) is 43.1 Å². The van der Waals surface area contributed by atoms with Gasteiger partial charge in [-0.15, -0.1) is 0 Å². The third-order valence-corrected chi connectivity index (χ3v) is 2.48. The Hall–Kier alpha value is -2.23. The topological polar surface area (TPSA) is 43.1 Å². The molecule has 0 spiro atoms. The van der Waals surface area contributed by atoms with E-state index in [1.807, 2.05) is 37.6 Å². The second-order valence-corrected chi connectivity index (χ2v) is 3.69. The molecule has 0 N–H and O–H groups in total. The van der Waals surface area contributed by atoms with E-state index in [1.165, 1.54) is 0 Å². The number of aromatic nitrogens is 4. The van der Waals surface area contributed by atoms with Crippen molar-refractivity contribution in [2.75, 3.05) is 0 Å². The van der Waals surface area contributed by atoms with Gasteiger partial charge in [-0.3, -0.25) is 4.98 Å². The zero-order chi connectivity index (χ0) is 11.0. The summed E-state index contributed by atoms with van der Waals surface area (Å²) in [6, 6.07) is 3.91. The molecule has 0 aromatic carbocycles. The molecule has 0 bridgehead atoms. The van der Waals surface area contributed by atoms with Crippen molar-refractivity contribution in [1.82, 2.24) is 19.6 Å². The Balaban J connectivity index is 2.26. The Kier molecular flexibility index (Phi) is 1.93. The number of fused-ring (bicyclic) bond motifs is 1. The molecule has 3 aromatic rings. The molecule has 0 saturated heterocycles. The molecule has 0 aliphatic heterocycles. The van der Waals surface area contributed by atoms with Crippen LogP contribution < -0.4 is 0 Å². The van der Waals surface area contributed by atoms with E-state index in [4.69, 9.17) is 0 Å². The fourth-order valence-electron chi connectivity index (χ4n) is 1.70. The highest BCUT2D eigenvalue weighted by Crippen LogP contribution is 2.21. The van der Waals surface area contributed by atoms with E-state index in [2.05, 4.69) is 15.1 Å². The highest BCUT2D eigenvalue weighted by Gasteiger charge is 2.06. The molecule has 0 radical (unpaired) electrons. The molecule has 3 rings (SSSR count). The maximum absolute atomic E-state index is 4.40. The number of hydrogen-bond acceptors (Lipinski definition) is 3. The van der Waals surface area contributed by atoms with Gasteiger partial charge in [0.15, 0.2) is 5.65 Å². The third-order valence-electron chi connectivity index (χ3n) is 2.48. The van der Waals surface area contributed by atoms with E-state index in [1.54, 1.807) is 16.9 Å². The van der Waals surface area contributed by atoms with E-state index >= 15 is 0 Å². The monoisotopic (exact) mass is 210 g/mol. The Bertz CT molecular complexity index is 628. The molecule has 0 aliphatic rings. The number of hydrogen-bond donors (Lipinski definition) is 0. The molecule has 4 nitrogen and oxygen atoms in total. The summed E-state index contributed by atoms with van der Waals surface area (Å²) in [4.78, 5) is 8.40. The van der Waals surface area contributed by atoms with Crippen LogP contribution in [0.5, 0.6) is 0 Å². The first-order valence-electron chi connectivity index (χ1n) is 5.05. The van der Waals surface area contributed by atoms with Crippen LogP contribution in [0, 0.1) is 6.92 Å². The lowest BCUT2D eigenvalue weighted by molar-refractivity contribution is 0.928. The number of rotatable bonds is 1. The molecule has 0 amide bonds. The van der Waals surface area contributed by atoms with E-state index in [9.17, 15) is 0 Å². The predicted octanol–water partition coefficient (Wildman–Crippen LogP) is 2.10. The molecule has 0 aliphatic carbocycles. The van der Waals surface area contributed by atoms with Gasteiger partial charge in [0, 0.05) is 30.4 Å². The summed E-state index contributed by atoms with van der Waals surface area (Å²) < 4.78 is 1.80. The molecule has 0 saturated carbocycles. The smallest absolute Gasteiger partial charge is 0.162 e. The standard InChI is InChI=1S/C12H10N4/c1-9-6-14-12-11(7-15-16(12)8-9)10-2-4-13-5-3-10/h2-8H,1H3. The summed E-state index contributed by atoms with van der Waals surface area (Å²) in [5, 5.41) is 4.29. The van der Waals surface area contributed by atoms with Gasteiger partial charge in [-0.05, 0) is 30.2 Å². The molecular formula is C12H10N4. The van der Waals surface area contributed by atoms with Crippen LogP contribution in [-0.2, 0) is 0 Å². The van der Waals surface area contributed by atoms with Crippen molar-refractivity contribution in [3.05, 3.63) is 48.7 Å². The van der Waals surface area contributed by atoms with Crippen molar-refractivity contribution in [2.45, 2.75) is 6.92 Å². The van der Waals surface area contributed by atoms with E-state index in [0.29, 0.717) is 0 Å². The molecule has 78 valence electrons. The Labute approximate surface area is 92.6 Å². The number of nitrogens with zero attached hydrogens (tertiary/aromatic N) is 4. The second-order valence-electron chi connectivity index (χ2n) is 3.69. The van der Waals surface area contributed by atoms with Crippen molar-refractivity contribution >= 4 is 5.65 Å². The van der Waals surface area contributed by atoms with Crippen LogP contribution in [0.3, 0.4) is 0 Å². The van der Waals surface area contributed by atoms with Gasteiger partial charge < -0.3 is 0 Å². The van der Waals surface area contributed by atoms with E-state index in [0.717, 1.165) is 22.3 Å². The first-order chi connectivity index (χ1) is 7.84. The van der Waals surface area contributed by atoms with Gasteiger partial charge in [-0.25, -0.2) is 9.50 Å². The third kappa shape index (κ3) is 1.35. The van der Waals surface area contributed by atoms with Crippen LogP contribution >= 0.6 is 0 Å². The molecule has 0 fully saturated rings. The summed E-state index contributed by atoms with van der Waals surface area (Å²) >= 11 is 0. The fraction of sp³-hybridized carbons (Fsp3) is 0.0833. The van der Waals surface area contributed by atoms with Gasteiger partial charge in [-0.2, -0.15) is 5.10 Å². The molecule has 0 atom stereocenters. The van der Waals surface area contributed by atoms with Crippen LogP contribution in [0.1, 0.15) is 5.56 Å². The van der Waals surface area contributed by atoms with Crippen LogP contribution in [0.2, 0.25) is 0 Å². The average Bonchev–Trinajstić information content (AvgIpc) is 2.73. The predicted molar refractivity (Wildman–Crippen MR) is 61.0 cm³/mol. The Morgan fingerprint density at radius 3 is 2.75 bits per heavy atom. The van der Waals surface area contributed by atoms with Crippen molar-refractivity contribution in [1.29, 1.82) is 0 Å². The van der Waals surface area contributed by atoms with Crippen molar-refractivity contribution < 1.29 is 0 Å². The second kappa shape index (κ2) is 3.41. The minimum Gasteiger partial charge on any atom is -0.265 e. The maximum atomic E-state index is 4.40. The van der Waals surface area contributed by atoms with Crippen LogP contribution in [0.25, 0.3) is 16.8 Å². The first kappa shape index (κ1) is 9.03. The van der Waals surface area contributed by atoms with Gasteiger partial charge in [-0.1, -0.05) is 0 Å². The maximum Gasteiger partial charge on any atom is 0.162 e. The Morgan fingerprint density at radius 1 is 1.12 bits per heavy atom. The molecule has 3 heterocycles. The largest absolute Gasteiger partial charge is 0.265 e. The van der Waals surface area contributed by atoms with Gasteiger partial charge in [0.1, 0.15) is 0 Å². The molecule has 16 heavy (non-hydrogen) atoms. The first-order valence-corrected chi connectivity index (χ1v) is 5.05. The SMILES string of the molecule is Cc1cnc2c(-c3ccncc3)cnn2c1. The molecular weight excluding hydrogens is 200 g/mol. The van der Waals surface area contributed by atoms with E-state index < -0.39 is 0 Å². The fourth-order valence-corrected chi connectivity index (χ4v) is 1.70. The lowest BCUT2D eigenvalue weighted by Crippen LogP contribution is -1.91. The summed E-state index contributed by atoms with van der Waals surface area (Å²) in [5.41, 5.74) is 4.08. The zero-order valence-electron chi connectivity index (χ0n) is 8.83. The lowest BCUT2D eigenvalue weighted by Gasteiger charge is -1.98. The molecule has 0 unspecified atom stereocenters. The van der Waals surface area contributed by atoms with Gasteiger partial charge >= 0.3 is 0 Å². The molecule has 4 heteroatoms. The van der Waals surface area contributed by atoms with Gasteiger partial charge in [0.05, 0.1) is 6.20 Å². The van der Waals surface area contributed by atoms with Crippen molar-refractivity contribution in [3.63, 3.8) is 0 Å². The number of pyridine rings is 1. The molecule has 3 aromatic heterocycles. The Morgan fingerprint density at radius 2 is 1.94 bits per heavy atom. The highest BCUT2D eigenvalue weighted by molar-refractivity contribution is 5.76. The van der Waals surface area contributed by atoms with Crippen LogP contribution in [0.4, 0.5) is 0 Å². The lowest BCUT2D eigenvalue weighted by atomic mass is 10.1. The van der Waals surface area contributed by atoms with Crippen molar-refractivity contribution in [3.8, 4) is 11.1 Å². The van der Waals surface area contributed by atoms with E-state index in [-0.39, 0.29) is 0 Å². The van der Waals surface area contributed by atoms with Crippen LogP contribution in [-0.4, -0.2) is 19.6 Å². The average molecular weight is 210 g/mol. The van der Waals surface area contributed by atoms with Gasteiger partial charge in [0.2, 0.25) is 0 Å². The minimum absolute atomic E-state index is 0.872. The quantitative estimate of drug-likeness (QED) is 0.617. The highest BCUT2D eigenvalue weighted by atomic mass is 15.2. The summed E-state index contributed by atoms with van der Waals surface area (Å²) in [5.74, 6) is 0.